The van der Waals surface area contributed by atoms with Crippen molar-refractivity contribution in [1.82, 2.24) is 14.8 Å². The summed E-state index contributed by atoms with van der Waals surface area (Å²) in [5.41, 5.74) is 2.72. The molecule has 5 heteroatoms. The highest BCUT2D eigenvalue weighted by Crippen LogP contribution is 2.30. The third-order valence-electron chi connectivity index (χ3n) is 3.41. The quantitative estimate of drug-likeness (QED) is 0.559. The maximum atomic E-state index is 5.60. The van der Waals surface area contributed by atoms with Crippen molar-refractivity contribution >= 4 is 23.2 Å². The fourth-order valence-electron chi connectivity index (χ4n) is 2.45. The molecular weight excluding hydrogens is 282 g/mol. The van der Waals surface area contributed by atoms with E-state index in [1.54, 1.807) is 6.26 Å². The van der Waals surface area contributed by atoms with Crippen LogP contribution in [0, 0.1) is 4.77 Å². The summed E-state index contributed by atoms with van der Waals surface area (Å²) in [7, 11) is 0. The summed E-state index contributed by atoms with van der Waals surface area (Å²) in [5, 5.41) is 8.25. The van der Waals surface area contributed by atoms with Crippen LogP contribution in [0.25, 0.3) is 28.0 Å². The van der Waals surface area contributed by atoms with Crippen molar-refractivity contribution in [3.63, 3.8) is 0 Å². The first kappa shape index (κ1) is 12.1. The van der Waals surface area contributed by atoms with Gasteiger partial charge in [-0.2, -0.15) is 5.10 Å². The third-order valence-corrected chi connectivity index (χ3v) is 3.68. The normalized spacial score (nSPS) is 11.0. The largest absolute Gasteiger partial charge is 0.464 e. The topological polar surface area (TPSA) is 46.8 Å². The molecule has 0 fully saturated rings. The lowest BCUT2D eigenvalue weighted by Gasteiger charge is -2.05. The molecule has 2 aromatic carbocycles. The molecule has 0 bridgehead atoms. The molecule has 4 aromatic rings. The van der Waals surface area contributed by atoms with Crippen molar-refractivity contribution < 1.29 is 4.42 Å². The van der Waals surface area contributed by atoms with E-state index in [1.165, 1.54) is 0 Å². The molecule has 0 aliphatic rings. The van der Waals surface area contributed by atoms with E-state index in [4.69, 9.17) is 16.6 Å². The Morgan fingerprint density at radius 2 is 1.76 bits per heavy atom. The van der Waals surface area contributed by atoms with E-state index in [0.717, 1.165) is 28.0 Å². The Kier molecular flexibility index (Phi) is 2.72. The standard InChI is InChI=1S/C16H11N3OS/c21-16-18-17-15(19(16)11-6-2-1-3-7-11)13-10-20-14-9-5-4-8-12(13)14/h1-10H,(H,18,21). The second kappa shape index (κ2) is 4.71. The highest BCUT2D eigenvalue weighted by atomic mass is 32.1. The Morgan fingerprint density at radius 1 is 1.00 bits per heavy atom. The molecule has 4 rings (SSSR count). The minimum Gasteiger partial charge on any atom is -0.464 e. The van der Waals surface area contributed by atoms with Gasteiger partial charge in [0.15, 0.2) is 10.6 Å². The van der Waals surface area contributed by atoms with Gasteiger partial charge in [0, 0.05) is 11.1 Å². The second-order valence-corrected chi connectivity index (χ2v) is 5.06. The van der Waals surface area contributed by atoms with Gasteiger partial charge in [0.25, 0.3) is 0 Å². The number of benzene rings is 2. The first-order chi connectivity index (χ1) is 10.3. The Hall–Kier alpha value is -2.66. The molecular formula is C16H11N3OS. The Labute approximate surface area is 125 Å². The summed E-state index contributed by atoms with van der Waals surface area (Å²) in [4.78, 5) is 0. The summed E-state index contributed by atoms with van der Waals surface area (Å²) < 4.78 is 8.07. The summed E-state index contributed by atoms with van der Waals surface area (Å²) in [6.07, 6.45) is 1.72. The molecule has 0 radical (unpaired) electrons. The van der Waals surface area contributed by atoms with Crippen LogP contribution in [0.1, 0.15) is 0 Å². The molecule has 2 aromatic heterocycles. The minimum absolute atomic E-state index is 0.557. The molecule has 4 nitrogen and oxygen atoms in total. The zero-order valence-electron chi connectivity index (χ0n) is 11.0. The summed E-state index contributed by atoms with van der Waals surface area (Å²) in [6, 6.07) is 17.8. The number of rotatable bonds is 2. The number of fused-ring (bicyclic) bond motifs is 1. The van der Waals surface area contributed by atoms with Gasteiger partial charge in [-0.25, -0.2) is 0 Å². The van der Waals surface area contributed by atoms with Gasteiger partial charge in [0.2, 0.25) is 0 Å². The number of hydrogen-bond acceptors (Lipinski definition) is 3. The van der Waals surface area contributed by atoms with Crippen LogP contribution in [0.4, 0.5) is 0 Å². The number of hydrogen-bond donors (Lipinski definition) is 1. The minimum atomic E-state index is 0.557. The maximum Gasteiger partial charge on any atom is 0.200 e. The SMILES string of the molecule is S=c1[nH]nc(-c2coc3ccccc23)n1-c1ccccc1. The van der Waals surface area contributed by atoms with Crippen LogP contribution in [0.3, 0.4) is 0 Å². The zero-order chi connectivity index (χ0) is 14.2. The smallest absolute Gasteiger partial charge is 0.200 e. The molecule has 0 amide bonds. The number of aromatic amines is 1. The number of furan rings is 1. The first-order valence-corrected chi connectivity index (χ1v) is 6.95. The van der Waals surface area contributed by atoms with Crippen LogP contribution in [-0.4, -0.2) is 14.8 Å². The predicted molar refractivity (Wildman–Crippen MR) is 84.0 cm³/mol. The van der Waals surface area contributed by atoms with E-state index in [1.807, 2.05) is 59.2 Å². The van der Waals surface area contributed by atoms with Crippen LogP contribution >= 0.6 is 12.2 Å². The lowest BCUT2D eigenvalue weighted by atomic mass is 10.1. The Morgan fingerprint density at radius 3 is 2.62 bits per heavy atom. The van der Waals surface area contributed by atoms with E-state index >= 15 is 0 Å². The molecule has 0 saturated carbocycles. The van der Waals surface area contributed by atoms with E-state index in [2.05, 4.69) is 10.2 Å². The van der Waals surface area contributed by atoms with Gasteiger partial charge in [0.05, 0.1) is 5.56 Å². The molecule has 0 atom stereocenters. The van der Waals surface area contributed by atoms with Gasteiger partial charge >= 0.3 is 0 Å². The zero-order valence-corrected chi connectivity index (χ0v) is 11.8. The van der Waals surface area contributed by atoms with Crippen LogP contribution in [0.5, 0.6) is 0 Å². The molecule has 0 spiro atoms. The van der Waals surface area contributed by atoms with Crippen molar-refractivity contribution in [2.75, 3.05) is 0 Å². The monoisotopic (exact) mass is 293 g/mol. The van der Waals surface area contributed by atoms with Crippen molar-refractivity contribution in [3.8, 4) is 17.1 Å². The fraction of sp³-hybridized carbons (Fsp3) is 0. The van der Waals surface area contributed by atoms with Crippen LogP contribution in [0.2, 0.25) is 0 Å². The van der Waals surface area contributed by atoms with Crippen molar-refractivity contribution in [3.05, 3.63) is 65.6 Å². The van der Waals surface area contributed by atoms with Gasteiger partial charge in [-0.3, -0.25) is 9.67 Å². The molecule has 0 saturated heterocycles. The van der Waals surface area contributed by atoms with Gasteiger partial charge in [-0.1, -0.05) is 36.4 Å². The summed E-state index contributed by atoms with van der Waals surface area (Å²) in [5.74, 6) is 0.746. The lowest BCUT2D eigenvalue weighted by Crippen LogP contribution is -1.96. The summed E-state index contributed by atoms with van der Waals surface area (Å²) in [6.45, 7) is 0. The lowest BCUT2D eigenvalue weighted by molar-refractivity contribution is 0.616. The number of aromatic nitrogens is 3. The number of nitrogens with one attached hydrogen (secondary N) is 1. The van der Waals surface area contributed by atoms with Gasteiger partial charge in [-0.05, 0) is 30.4 Å². The van der Waals surface area contributed by atoms with Crippen LogP contribution in [-0.2, 0) is 0 Å². The maximum absolute atomic E-state index is 5.60. The molecule has 1 N–H and O–H groups in total. The van der Waals surface area contributed by atoms with Crippen LogP contribution < -0.4 is 0 Å². The average Bonchev–Trinajstić information content (AvgIpc) is 3.11. The Bertz CT molecular complexity index is 966. The molecule has 0 unspecified atom stereocenters. The van der Waals surface area contributed by atoms with E-state index in [9.17, 15) is 0 Å². The summed E-state index contributed by atoms with van der Waals surface area (Å²) >= 11 is 5.37. The number of para-hydroxylation sites is 2. The number of nitrogens with zero attached hydrogens (tertiary/aromatic N) is 2. The van der Waals surface area contributed by atoms with E-state index in [0.29, 0.717) is 4.77 Å². The fourth-order valence-corrected chi connectivity index (χ4v) is 2.68. The second-order valence-electron chi connectivity index (χ2n) is 4.67. The molecule has 0 aliphatic carbocycles. The van der Waals surface area contributed by atoms with E-state index < -0.39 is 0 Å². The van der Waals surface area contributed by atoms with E-state index in [-0.39, 0.29) is 0 Å². The average molecular weight is 293 g/mol. The number of H-pyrrole nitrogens is 1. The van der Waals surface area contributed by atoms with Gasteiger partial charge in [-0.15, -0.1) is 0 Å². The molecule has 2 heterocycles. The van der Waals surface area contributed by atoms with Crippen LogP contribution in [0.15, 0.2) is 65.3 Å². The molecule has 0 aliphatic heterocycles. The Balaban J connectivity index is 2.01. The molecule has 21 heavy (non-hydrogen) atoms. The van der Waals surface area contributed by atoms with Gasteiger partial charge in [0.1, 0.15) is 11.8 Å². The van der Waals surface area contributed by atoms with Gasteiger partial charge < -0.3 is 4.42 Å². The predicted octanol–water partition coefficient (Wildman–Crippen LogP) is 4.34. The first-order valence-electron chi connectivity index (χ1n) is 6.54. The van der Waals surface area contributed by atoms with Crippen molar-refractivity contribution in [2.45, 2.75) is 0 Å². The highest BCUT2D eigenvalue weighted by molar-refractivity contribution is 7.71. The highest BCUT2D eigenvalue weighted by Gasteiger charge is 2.15. The van der Waals surface area contributed by atoms with Crippen molar-refractivity contribution in [1.29, 1.82) is 0 Å². The molecule has 102 valence electrons. The van der Waals surface area contributed by atoms with Crippen molar-refractivity contribution in [2.24, 2.45) is 0 Å². The third kappa shape index (κ3) is 1.90.